The summed E-state index contributed by atoms with van der Waals surface area (Å²) in [5.74, 6) is 0.245. The Morgan fingerprint density at radius 2 is 1.57 bits per heavy atom. The van der Waals surface area contributed by atoms with Crippen molar-refractivity contribution in [2.24, 2.45) is 11.8 Å². The maximum absolute atomic E-state index is 13.5. The van der Waals surface area contributed by atoms with Gasteiger partial charge in [-0.25, -0.2) is 0 Å². The van der Waals surface area contributed by atoms with Gasteiger partial charge in [-0.15, -0.1) is 0 Å². The average molecular weight is 623 g/mol. The molecule has 1 aliphatic rings. The smallest absolute Gasteiger partial charge is 0.306 e. The van der Waals surface area contributed by atoms with Gasteiger partial charge in [0.1, 0.15) is 12.4 Å². The molecule has 0 aromatic heterocycles. The van der Waals surface area contributed by atoms with Crippen LogP contribution in [0.1, 0.15) is 119 Å². The highest BCUT2D eigenvalue weighted by atomic mass is 28.4. The molecule has 0 N–H and O–H groups in total. The molecule has 4 atom stereocenters. The van der Waals surface area contributed by atoms with Gasteiger partial charge in [-0.1, -0.05) is 112 Å². The number of rotatable bonds is 19. The van der Waals surface area contributed by atoms with Gasteiger partial charge in [-0.3, -0.25) is 9.59 Å². The maximum Gasteiger partial charge on any atom is 0.306 e. The predicted molar refractivity (Wildman–Crippen MR) is 183 cm³/mol. The zero-order valence-electron chi connectivity index (χ0n) is 29.3. The molecule has 0 aromatic carbocycles. The molecule has 1 fully saturated rings. The molecule has 1 aliphatic carbocycles. The monoisotopic (exact) mass is 622 g/mol. The molecule has 0 heterocycles. The van der Waals surface area contributed by atoms with E-state index in [0.29, 0.717) is 18.6 Å². The summed E-state index contributed by atoms with van der Waals surface area (Å²) >= 11 is 0. The van der Waals surface area contributed by atoms with Crippen molar-refractivity contribution in [2.45, 2.75) is 168 Å². The molecule has 0 saturated heterocycles. The van der Waals surface area contributed by atoms with E-state index in [1.165, 1.54) is 12.8 Å². The first-order valence-corrected chi connectivity index (χ1v) is 22.5. The van der Waals surface area contributed by atoms with E-state index in [0.717, 1.165) is 44.9 Å². The second kappa shape index (κ2) is 17.5. The fraction of sp³-hybridized carbons (Fsp3) is 0.829. The lowest BCUT2D eigenvalue weighted by atomic mass is 9.88. The van der Waals surface area contributed by atoms with Crippen molar-refractivity contribution in [3.63, 3.8) is 0 Å². The standard InChI is InChI=1S/C35H66O5Si2/c1-13-15-18-21-28(39-41(9,10)34(3,4)5)24-25-30-29(22-19-16-17-20-23-33(37)38-26-14-2)31(36)27-32(30)40-42(11,12)35(6,7)8/h14,24-25,28-30,32H,2,13,15-23,26-27H2,1,3-12H3/b25-24+/t28-,29-,30+,32+/m0/s1. The quantitative estimate of drug-likeness (QED) is 0.0621. The van der Waals surface area contributed by atoms with Crippen molar-refractivity contribution in [2.75, 3.05) is 6.61 Å². The van der Waals surface area contributed by atoms with Crippen LogP contribution in [0.4, 0.5) is 0 Å². The number of hydrogen-bond donors (Lipinski definition) is 0. The third-order valence-corrected chi connectivity index (χ3v) is 18.9. The Bertz CT molecular complexity index is 866. The van der Waals surface area contributed by atoms with Crippen LogP contribution in [0.2, 0.25) is 36.3 Å². The van der Waals surface area contributed by atoms with Gasteiger partial charge in [-0.05, 0) is 55.5 Å². The summed E-state index contributed by atoms with van der Waals surface area (Å²) < 4.78 is 18.9. The Hall–Kier alpha value is -1.03. The number of ketones is 1. The third kappa shape index (κ3) is 12.9. The van der Waals surface area contributed by atoms with E-state index in [2.05, 4.69) is 93.4 Å². The van der Waals surface area contributed by atoms with Crippen LogP contribution >= 0.6 is 0 Å². The summed E-state index contributed by atoms with van der Waals surface area (Å²) in [7, 11) is -3.99. The zero-order valence-corrected chi connectivity index (χ0v) is 31.3. The molecule has 0 bridgehead atoms. The summed E-state index contributed by atoms with van der Waals surface area (Å²) in [6, 6.07) is 0. The lowest BCUT2D eigenvalue weighted by Gasteiger charge is -2.40. The van der Waals surface area contributed by atoms with Crippen molar-refractivity contribution in [3.8, 4) is 0 Å². The number of Topliss-reactive ketones (excluding diaryl/α,β-unsaturated/α-hetero) is 1. The fourth-order valence-electron chi connectivity index (χ4n) is 5.06. The number of hydrogen-bond acceptors (Lipinski definition) is 5. The Balaban J connectivity index is 3.08. The van der Waals surface area contributed by atoms with Gasteiger partial charge in [0, 0.05) is 24.7 Å². The lowest BCUT2D eigenvalue weighted by Crippen LogP contribution is -2.45. The molecule has 0 radical (unpaired) electrons. The molecule has 0 spiro atoms. The van der Waals surface area contributed by atoms with Gasteiger partial charge < -0.3 is 13.6 Å². The Labute approximate surface area is 261 Å². The minimum atomic E-state index is -2.05. The largest absolute Gasteiger partial charge is 0.461 e. The molecule has 42 heavy (non-hydrogen) atoms. The highest BCUT2D eigenvalue weighted by Gasteiger charge is 2.47. The second-order valence-electron chi connectivity index (χ2n) is 15.5. The minimum Gasteiger partial charge on any atom is -0.461 e. The first kappa shape index (κ1) is 39.0. The first-order chi connectivity index (χ1) is 19.4. The van der Waals surface area contributed by atoms with Crippen molar-refractivity contribution < 1.29 is 23.2 Å². The average Bonchev–Trinajstić information content (AvgIpc) is 3.14. The van der Waals surface area contributed by atoms with Crippen LogP contribution in [-0.2, 0) is 23.2 Å². The van der Waals surface area contributed by atoms with Crippen molar-refractivity contribution in [3.05, 3.63) is 24.8 Å². The van der Waals surface area contributed by atoms with Crippen LogP contribution in [0.25, 0.3) is 0 Å². The van der Waals surface area contributed by atoms with Crippen LogP contribution in [-0.4, -0.2) is 47.2 Å². The van der Waals surface area contributed by atoms with Gasteiger partial charge in [0.25, 0.3) is 0 Å². The predicted octanol–water partition coefficient (Wildman–Crippen LogP) is 10.2. The lowest BCUT2D eigenvalue weighted by molar-refractivity contribution is -0.142. The van der Waals surface area contributed by atoms with Crippen molar-refractivity contribution in [1.82, 2.24) is 0 Å². The van der Waals surface area contributed by atoms with Gasteiger partial charge >= 0.3 is 5.97 Å². The summed E-state index contributed by atoms with van der Waals surface area (Å²) in [5, 5.41) is 0.232. The number of carbonyl (C=O) groups is 2. The second-order valence-corrected chi connectivity index (χ2v) is 25.0. The highest BCUT2D eigenvalue weighted by Crippen LogP contribution is 2.44. The van der Waals surface area contributed by atoms with Crippen LogP contribution in [0.15, 0.2) is 24.8 Å². The molecule has 7 heteroatoms. The molecule has 0 aromatic rings. The van der Waals surface area contributed by atoms with E-state index < -0.39 is 16.6 Å². The third-order valence-electron chi connectivity index (χ3n) is 9.86. The summed E-state index contributed by atoms with van der Waals surface area (Å²) in [4.78, 5) is 25.2. The Morgan fingerprint density at radius 3 is 2.14 bits per heavy atom. The molecule has 5 nitrogen and oxygen atoms in total. The van der Waals surface area contributed by atoms with Gasteiger partial charge in [0.2, 0.25) is 0 Å². The van der Waals surface area contributed by atoms with E-state index in [9.17, 15) is 9.59 Å². The normalized spacial score (nSPS) is 21.2. The molecule has 1 rings (SSSR count). The molecule has 0 aliphatic heterocycles. The number of carbonyl (C=O) groups excluding carboxylic acids is 2. The SMILES string of the molecule is C=CCOC(=O)CCCCCC[C@@H]1C(=O)C[C@@H](O[Si](C)(C)C(C)(C)C)[C@@H]1/C=C/[C@H](CCCCC)O[Si](C)(C)C(C)(C)C. The van der Waals surface area contributed by atoms with Gasteiger partial charge in [0.05, 0.1) is 12.2 Å². The fourth-order valence-corrected chi connectivity index (χ4v) is 7.71. The highest BCUT2D eigenvalue weighted by molar-refractivity contribution is 6.74. The van der Waals surface area contributed by atoms with E-state index in [-0.39, 0.29) is 46.7 Å². The molecular formula is C35H66O5Si2. The topological polar surface area (TPSA) is 61.8 Å². The van der Waals surface area contributed by atoms with Crippen LogP contribution in [0.3, 0.4) is 0 Å². The van der Waals surface area contributed by atoms with Crippen LogP contribution in [0, 0.1) is 11.8 Å². The van der Waals surface area contributed by atoms with E-state index >= 15 is 0 Å². The molecule has 0 amide bonds. The zero-order chi connectivity index (χ0) is 32.2. The number of unbranched alkanes of at least 4 members (excludes halogenated alkanes) is 5. The van der Waals surface area contributed by atoms with E-state index in [1.807, 2.05) is 0 Å². The van der Waals surface area contributed by atoms with Gasteiger partial charge in [-0.2, -0.15) is 0 Å². The minimum absolute atomic E-state index is 0.0160. The molecule has 0 unspecified atom stereocenters. The maximum atomic E-state index is 13.5. The van der Waals surface area contributed by atoms with E-state index in [4.69, 9.17) is 13.6 Å². The first-order valence-electron chi connectivity index (χ1n) is 16.7. The summed E-state index contributed by atoms with van der Waals surface area (Å²) in [6.07, 6.45) is 16.4. The van der Waals surface area contributed by atoms with Crippen molar-refractivity contribution in [1.29, 1.82) is 0 Å². The number of esters is 1. The Kier molecular flexibility index (Phi) is 16.2. The van der Waals surface area contributed by atoms with Crippen LogP contribution < -0.4 is 0 Å². The summed E-state index contributed by atoms with van der Waals surface area (Å²) in [5.41, 5.74) is 0. The number of ether oxygens (including phenoxy) is 1. The van der Waals surface area contributed by atoms with Crippen LogP contribution in [0.5, 0.6) is 0 Å². The Morgan fingerprint density at radius 1 is 0.952 bits per heavy atom. The molecule has 244 valence electrons. The molecular weight excluding hydrogens is 557 g/mol. The van der Waals surface area contributed by atoms with Gasteiger partial charge in [0.15, 0.2) is 16.6 Å². The van der Waals surface area contributed by atoms with E-state index in [1.54, 1.807) is 6.08 Å². The van der Waals surface area contributed by atoms with Crippen molar-refractivity contribution >= 4 is 28.4 Å². The molecule has 1 saturated carbocycles. The summed E-state index contributed by atoms with van der Waals surface area (Å²) in [6.45, 7) is 29.0.